The van der Waals surface area contributed by atoms with Crippen LogP contribution >= 0.6 is 0 Å². The predicted octanol–water partition coefficient (Wildman–Crippen LogP) is 4.90. The van der Waals surface area contributed by atoms with Crippen molar-refractivity contribution in [1.82, 2.24) is 0 Å². The fourth-order valence-corrected chi connectivity index (χ4v) is 3.08. The van der Waals surface area contributed by atoms with E-state index >= 15 is 0 Å². The maximum Gasteiger partial charge on any atom is 0.118 e. The number of ether oxygens (including phenoxy) is 1. The topological polar surface area (TPSA) is 30.8 Å². The van der Waals surface area contributed by atoms with Crippen LogP contribution in [0, 0.1) is 0 Å². The molecule has 0 N–H and O–H groups in total. The Bertz CT molecular complexity index is 762. The third kappa shape index (κ3) is 3.41. The van der Waals surface area contributed by atoms with Gasteiger partial charge in [0.2, 0.25) is 0 Å². The molecule has 0 fully saturated rings. The van der Waals surface area contributed by atoms with E-state index in [2.05, 4.69) is 53.7 Å². The number of nitrogens with zero attached hydrogens (tertiary/aromatic N) is 1. The van der Waals surface area contributed by atoms with Crippen molar-refractivity contribution >= 4 is 11.8 Å². The summed E-state index contributed by atoms with van der Waals surface area (Å²) in [4.78, 5) is 5.07. The molecule has 1 aliphatic rings. The van der Waals surface area contributed by atoms with E-state index in [1.165, 1.54) is 16.7 Å². The van der Waals surface area contributed by atoms with Crippen LogP contribution in [0.2, 0.25) is 0 Å². The van der Waals surface area contributed by atoms with Crippen LogP contribution in [-0.4, -0.2) is 26.5 Å². The van der Waals surface area contributed by atoms with Crippen LogP contribution < -0.4 is 0 Å². The standard InChI is InChI=1S/C21H23NO2/c1-23-14-8-4-3-5-9-16-12-13-18-17-10-6-7-11-19(17)21(22-24-2)20(18)15-16/h5-7,9-13,15H,3-4,8,14H2,1-2H3/b9-5+,22-21-. The molecule has 1 aliphatic carbocycles. The summed E-state index contributed by atoms with van der Waals surface area (Å²) in [5, 5.41) is 4.26. The Kier molecular flexibility index (Phi) is 5.44. The van der Waals surface area contributed by atoms with Crippen LogP contribution in [0.5, 0.6) is 0 Å². The normalized spacial score (nSPS) is 14.2. The second-order valence-electron chi connectivity index (χ2n) is 5.86. The molecular formula is C21H23NO2. The molecule has 0 spiro atoms. The first-order chi connectivity index (χ1) is 11.8. The zero-order valence-electron chi connectivity index (χ0n) is 14.3. The van der Waals surface area contributed by atoms with Gasteiger partial charge in [0.25, 0.3) is 0 Å². The average Bonchev–Trinajstić information content (AvgIpc) is 2.92. The van der Waals surface area contributed by atoms with E-state index in [0.717, 1.165) is 42.7 Å². The minimum absolute atomic E-state index is 0.835. The van der Waals surface area contributed by atoms with Crippen molar-refractivity contribution in [2.75, 3.05) is 20.8 Å². The summed E-state index contributed by atoms with van der Waals surface area (Å²) in [5.74, 6) is 0. The fraction of sp³-hybridized carbons (Fsp3) is 0.286. The zero-order chi connectivity index (χ0) is 16.8. The second kappa shape index (κ2) is 7.93. The molecule has 3 heteroatoms. The van der Waals surface area contributed by atoms with Crippen molar-refractivity contribution in [3.63, 3.8) is 0 Å². The number of unbranched alkanes of at least 4 members (excludes halogenated alkanes) is 2. The van der Waals surface area contributed by atoms with Crippen LogP contribution in [0.25, 0.3) is 17.2 Å². The molecule has 0 amide bonds. The molecular weight excluding hydrogens is 298 g/mol. The van der Waals surface area contributed by atoms with Crippen molar-refractivity contribution in [2.24, 2.45) is 5.16 Å². The van der Waals surface area contributed by atoms with Crippen LogP contribution in [0.15, 0.2) is 53.7 Å². The number of hydrogen-bond acceptors (Lipinski definition) is 3. The largest absolute Gasteiger partial charge is 0.399 e. The van der Waals surface area contributed by atoms with Gasteiger partial charge >= 0.3 is 0 Å². The zero-order valence-corrected chi connectivity index (χ0v) is 14.3. The third-order valence-corrected chi connectivity index (χ3v) is 4.23. The highest BCUT2D eigenvalue weighted by atomic mass is 16.6. The Morgan fingerprint density at radius 3 is 2.50 bits per heavy atom. The molecule has 0 atom stereocenters. The van der Waals surface area contributed by atoms with Gasteiger partial charge in [-0.2, -0.15) is 0 Å². The van der Waals surface area contributed by atoms with Crippen molar-refractivity contribution in [3.8, 4) is 11.1 Å². The molecule has 124 valence electrons. The quantitative estimate of drug-likeness (QED) is 0.458. The smallest absolute Gasteiger partial charge is 0.118 e. The van der Waals surface area contributed by atoms with Crippen molar-refractivity contribution in [3.05, 3.63) is 65.2 Å². The number of fused-ring (bicyclic) bond motifs is 3. The lowest BCUT2D eigenvalue weighted by Crippen LogP contribution is -1.99. The molecule has 0 bridgehead atoms. The van der Waals surface area contributed by atoms with E-state index in [0.29, 0.717) is 0 Å². The second-order valence-corrected chi connectivity index (χ2v) is 5.86. The number of hydrogen-bond donors (Lipinski definition) is 0. The maximum atomic E-state index is 5.07. The molecule has 0 radical (unpaired) electrons. The maximum absolute atomic E-state index is 5.07. The number of benzene rings is 2. The number of rotatable bonds is 7. The van der Waals surface area contributed by atoms with Gasteiger partial charge in [0.1, 0.15) is 12.8 Å². The summed E-state index contributed by atoms with van der Waals surface area (Å²) in [6.45, 7) is 0.835. The van der Waals surface area contributed by atoms with Gasteiger partial charge in [-0.1, -0.05) is 53.7 Å². The van der Waals surface area contributed by atoms with Crippen LogP contribution in [0.3, 0.4) is 0 Å². The Hall–Kier alpha value is -2.39. The predicted molar refractivity (Wildman–Crippen MR) is 99.3 cm³/mol. The monoisotopic (exact) mass is 321 g/mol. The summed E-state index contributed by atoms with van der Waals surface area (Å²) in [7, 11) is 3.34. The number of oxime groups is 1. The lowest BCUT2D eigenvalue weighted by molar-refractivity contribution is 0.193. The van der Waals surface area contributed by atoms with Gasteiger partial charge in [0.15, 0.2) is 0 Å². The van der Waals surface area contributed by atoms with Crippen LogP contribution in [0.4, 0.5) is 0 Å². The van der Waals surface area contributed by atoms with Crippen molar-refractivity contribution < 1.29 is 9.57 Å². The number of allylic oxidation sites excluding steroid dienone is 1. The molecule has 2 aromatic rings. The van der Waals surface area contributed by atoms with Gasteiger partial charge in [-0.3, -0.25) is 0 Å². The molecule has 0 unspecified atom stereocenters. The lowest BCUT2D eigenvalue weighted by Gasteiger charge is -2.03. The summed E-state index contributed by atoms with van der Waals surface area (Å²) in [5.41, 5.74) is 6.82. The highest BCUT2D eigenvalue weighted by molar-refractivity contribution is 6.24. The van der Waals surface area contributed by atoms with E-state index in [4.69, 9.17) is 9.57 Å². The molecule has 0 heterocycles. The summed E-state index contributed by atoms with van der Waals surface area (Å²) >= 11 is 0. The first-order valence-corrected chi connectivity index (χ1v) is 8.36. The van der Waals surface area contributed by atoms with Crippen molar-refractivity contribution in [1.29, 1.82) is 0 Å². The van der Waals surface area contributed by atoms with Crippen LogP contribution in [0.1, 0.15) is 36.0 Å². The van der Waals surface area contributed by atoms with Gasteiger partial charge < -0.3 is 9.57 Å². The van der Waals surface area contributed by atoms with E-state index < -0.39 is 0 Å². The van der Waals surface area contributed by atoms with Gasteiger partial charge in [0, 0.05) is 24.8 Å². The Balaban J connectivity index is 1.81. The molecule has 3 rings (SSSR count). The van der Waals surface area contributed by atoms with Gasteiger partial charge in [-0.05, 0) is 42.0 Å². The third-order valence-electron chi connectivity index (χ3n) is 4.23. The molecule has 0 saturated carbocycles. The Labute approximate surface area is 143 Å². The lowest BCUT2D eigenvalue weighted by atomic mass is 10.0. The molecule has 0 saturated heterocycles. The van der Waals surface area contributed by atoms with E-state index in [-0.39, 0.29) is 0 Å². The SMILES string of the molecule is COCCCC/C=C/c1ccc2c(c1)/C(=N\OC)c1ccccc1-2. The highest BCUT2D eigenvalue weighted by Crippen LogP contribution is 2.37. The van der Waals surface area contributed by atoms with E-state index in [1.807, 2.05) is 6.07 Å². The van der Waals surface area contributed by atoms with Crippen LogP contribution in [-0.2, 0) is 9.57 Å². The first kappa shape index (κ1) is 16.5. The minimum Gasteiger partial charge on any atom is -0.399 e. The Morgan fingerprint density at radius 2 is 1.71 bits per heavy atom. The molecule has 0 aromatic heterocycles. The highest BCUT2D eigenvalue weighted by Gasteiger charge is 2.25. The number of methoxy groups -OCH3 is 1. The van der Waals surface area contributed by atoms with Gasteiger partial charge in [-0.25, -0.2) is 0 Å². The summed E-state index contributed by atoms with van der Waals surface area (Å²) < 4.78 is 5.07. The Morgan fingerprint density at radius 1 is 0.917 bits per heavy atom. The summed E-state index contributed by atoms with van der Waals surface area (Å²) in [6.07, 6.45) is 7.73. The average molecular weight is 321 g/mol. The van der Waals surface area contributed by atoms with Crippen molar-refractivity contribution in [2.45, 2.75) is 19.3 Å². The molecule has 0 aliphatic heterocycles. The van der Waals surface area contributed by atoms with Gasteiger partial charge in [0.05, 0.1) is 0 Å². The molecule has 24 heavy (non-hydrogen) atoms. The molecule has 3 nitrogen and oxygen atoms in total. The summed E-state index contributed by atoms with van der Waals surface area (Å²) in [6, 6.07) is 14.9. The molecule has 2 aromatic carbocycles. The van der Waals surface area contributed by atoms with E-state index in [1.54, 1.807) is 14.2 Å². The minimum atomic E-state index is 0.835. The fourth-order valence-electron chi connectivity index (χ4n) is 3.08. The first-order valence-electron chi connectivity index (χ1n) is 8.36. The van der Waals surface area contributed by atoms with E-state index in [9.17, 15) is 0 Å². The van der Waals surface area contributed by atoms with Gasteiger partial charge in [-0.15, -0.1) is 0 Å².